The first-order chi connectivity index (χ1) is 5.79. The van der Waals surface area contributed by atoms with Gasteiger partial charge >= 0.3 is 0 Å². The molecule has 0 aliphatic carbocycles. The van der Waals surface area contributed by atoms with Crippen LogP contribution in [0.25, 0.3) is 0 Å². The summed E-state index contributed by atoms with van der Waals surface area (Å²) in [6.07, 6.45) is 2.21. The Bertz CT molecular complexity index is 236. The van der Waals surface area contributed by atoms with Gasteiger partial charge in [-0.2, -0.15) is 0 Å². The lowest BCUT2D eigenvalue weighted by atomic mass is 10.2. The maximum Gasteiger partial charge on any atom is 0.0116 e. The smallest absolute Gasteiger partial charge is 0.0116 e. The molecule has 0 aromatic heterocycles. The fraction of sp³-hybridized carbons (Fsp3) is 0.273. The molecule has 0 nitrogen and oxygen atoms in total. The van der Waals surface area contributed by atoms with Gasteiger partial charge in [-0.1, -0.05) is 49.9 Å². The summed E-state index contributed by atoms with van der Waals surface area (Å²) < 4.78 is 0. The molecule has 0 fully saturated rings. The number of thioether (sulfide) groups is 1. The standard InChI is InChI=1S/C11H14S/c1-10(2)8-9-12-11-6-4-3-5-7-11/h3-10H,1-2H3/b9-8+. The summed E-state index contributed by atoms with van der Waals surface area (Å²) in [6.45, 7) is 4.37. The largest absolute Gasteiger partial charge is 0.0984 e. The van der Waals surface area contributed by atoms with Gasteiger partial charge in [-0.25, -0.2) is 0 Å². The molecule has 64 valence electrons. The molecule has 12 heavy (non-hydrogen) atoms. The molecule has 0 aliphatic heterocycles. The van der Waals surface area contributed by atoms with Crippen LogP contribution in [0.4, 0.5) is 0 Å². The van der Waals surface area contributed by atoms with Crippen LogP contribution in [0.5, 0.6) is 0 Å². The molecule has 0 N–H and O–H groups in total. The zero-order chi connectivity index (χ0) is 8.81. The van der Waals surface area contributed by atoms with E-state index in [0.717, 1.165) is 0 Å². The van der Waals surface area contributed by atoms with E-state index in [9.17, 15) is 0 Å². The van der Waals surface area contributed by atoms with Crippen molar-refractivity contribution < 1.29 is 0 Å². The second-order valence-corrected chi connectivity index (χ2v) is 3.98. The minimum absolute atomic E-state index is 0.640. The molecule has 0 radical (unpaired) electrons. The Morgan fingerprint density at radius 1 is 1.17 bits per heavy atom. The van der Waals surface area contributed by atoms with Crippen molar-refractivity contribution in [3.8, 4) is 0 Å². The molecule has 0 saturated heterocycles. The van der Waals surface area contributed by atoms with E-state index in [1.54, 1.807) is 11.8 Å². The summed E-state index contributed by atoms with van der Waals surface area (Å²) in [5, 5.41) is 2.15. The molecule has 1 aromatic rings. The van der Waals surface area contributed by atoms with Crippen LogP contribution in [-0.4, -0.2) is 0 Å². The van der Waals surface area contributed by atoms with Gasteiger partial charge in [0.1, 0.15) is 0 Å². The average molecular weight is 178 g/mol. The quantitative estimate of drug-likeness (QED) is 0.631. The van der Waals surface area contributed by atoms with Crippen molar-refractivity contribution in [1.29, 1.82) is 0 Å². The Kier molecular flexibility index (Phi) is 3.95. The van der Waals surface area contributed by atoms with Crippen LogP contribution in [0, 0.1) is 5.92 Å². The fourth-order valence-electron chi connectivity index (χ4n) is 0.774. The van der Waals surface area contributed by atoms with Gasteiger partial charge < -0.3 is 0 Å². The Morgan fingerprint density at radius 3 is 2.42 bits per heavy atom. The lowest BCUT2D eigenvalue weighted by Crippen LogP contribution is -1.74. The second-order valence-electron chi connectivity index (χ2n) is 3.00. The molecular formula is C11H14S. The summed E-state index contributed by atoms with van der Waals surface area (Å²) in [7, 11) is 0. The SMILES string of the molecule is CC(C)/C=C/Sc1ccccc1. The van der Waals surface area contributed by atoms with Crippen LogP contribution in [0.2, 0.25) is 0 Å². The van der Waals surface area contributed by atoms with Crippen LogP contribution >= 0.6 is 11.8 Å². The van der Waals surface area contributed by atoms with E-state index in [-0.39, 0.29) is 0 Å². The third-order valence-electron chi connectivity index (χ3n) is 1.41. The molecule has 0 unspecified atom stereocenters. The lowest BCUT2D eigenvalue weighted by Gasteiger charge is -1.95. The topological polar surface area (TPSA) is 0 Å². The van der Waals surface area contributed by atoms with Gasteiger partial charge in [0.05, 0.1) is 0 Å². The summed E-state index contributed by atoms with van der Waals surface area (Å²) in [4.78, 5) is 1.30. The van der Waals surface area contributed by atoms with Gasteiger partial charge in [0.25, 0.3) is 0 Å². The molecule has 1 heteroatoms. The van der Waals surface area contributed by atoms with E-state index in [1.165, 1.54) is 4.90 Å². The molecular weight excluding hydrogens is 164 g/mol. The van der Waals surface area contributed by atoms with Gasteiger partial charge in [-0.05, 0) is 23.5 Å². The molecule has 0 spiro atoms. The van der Waals surface area contributed by atoms with Gasteiger partial charge in [0.15, 0.2) is 0 Å². The second kappa shape index (κ2) is 5.04. The van der Waals surface area contributed by atoms with Crippen molar-refractivity contribution >= 4 is 11.8 Å². The maximum atomic E-state index is 2.21. The molecule has 0 heterocycles. The average Bonchev–Trinajstić information content (AvgIpc) is 2.05. The summed E-state index contributed by atoms with van der Waals surface area (Å²) in [6, 6.07) is 10.4. The molecule has 0 amide bonds. The van der Waals surface area contributed by atoms with E-state index in [4.69, 9.17) is 0 Å². The normalized spacial score (nSPS) is 11.2. The third-order valence-corrected chi connectivity index (χ3v) is 2.25. The van der Waals surface area contributed by atoms with Gasteiger partial charge in [-0.3, -0.25) is 0 Å². The minimum atomic E-state index is 0.640. The predicted molar refractivity (Wildman–Crippen MR) is 56.3 cm³/mol. The highest BCUT2D eigenvalue weighted by Crippen LogP contribution is 2.18. The third kappa shape index (κ3) is 3.63. The van der Waals surface area contributed by atoms with Gasteiger partial charge in [0.2, 0.25) is 0 Å². The van der Waals surface area contributed by atoms with Crippen molar-refractivity contribution in [2.45, 2.75) is 18.7 Å². The van der Waals surface area contributed by atoms with E-state index in [1.807, 2.05) is 6.07 Å². The first-order valence-electron chi connectivity index (χ1n) is 4.17. The molecule has 0 saturated carbocycles. The highest BCUT2D eigenvalue weighted by atomic mass is 32.2. The number of benzene rings is 1. The number of hydrogen-bond donors (Lipinski definition) is 0. The highest BCUT2D eigenvalue weighted by molar-refractivity contribution is 8.02. The first-order valence-corrected chi connectivity index (χ1v) is 5.05. The van der Waals surface area contributed by atoms with Crippen LogP contribution in [0.3, 0.4) is 0 Å². The monoisotopic (exact) mass is 178 g/mol. The minimum Gasteiger partial charge on any atom is -0.0984 e. The molecule has 0 atom stereocenters. The predicted octanol–water partition coefficient (Wildman–Crippen LogP) is 3.95. The van der Waals surface area contributed by atoms with Crippen molar-refractivity contribution in [3.63, 3.8) is 0 Å². The van der Waals surface area contributed by atoms with Gasteiger partial charge in [-0.15, -0.1) is 0 Å². The molecule has 0 aliphatic rings. The fourth-order valence-corrected chi connectivity index (χ4v) is 1.64. The Balaban J connectivity index is 2.43. The zero-order valence-corrected chi connectivity index (χ0v) is 8.34. The molecule has 1 aromatic carbocycles. The summed E-state index contributed by atoms with van der Waals surface area (Å²) >= 11 is 1.77. The van der Waals surface area contributed by atoms with Crippen molar-refractivity contribution in [2.75, 3.05) is 0 Å². The highest BCUT2D eigenvalue weighted by Gasteiger charge is 1.87. The van der Waals surface area contributed by atoms with Crippen LogP contribution < -0.4 is 0 Å². The Labute approximate surface area is 78.7 Å². The van der Waals surface area contributed by atoms with E-state index in [2.05, 4.69) is 49.6 Å². The number of rotatable bonds is 3. The van der Waals surface area contributed by atoms with Crippen LogP contribution in [-0.2, 0) is 0 Å². The lowest BCUT2D eigenvalue weighted by molar-refractivity contribution is 0.834. The first kappa shape index (κ1) is 9.40. The summed E-state index contributed by atoms with van der Waals surface area (Å²) in [5.41, 5.74) is 0. The summed E-state index contributed by atoms with van der Waals surface area (Å²) in [5.74, 6) is 0.640. The molecule has 0 bridgehead atoms. The van der Waals surface area contributed by atoms with Crippen LogP contribution in [0.1, 0.15) is 13.8 Å². The number of hydrogen-bond acceptors (Lipinski definition) is 1. The zero-order valence-electron chi connectivity index (χ0n) is 7.53. The number of allylic oxidation sites excluding steroid dienone is 1. The molecule has 1 rings (SSSR count). The van der Waals surface area contributed by atoms with E-state index in [0.29, 0.717) is 5.92 Å². The van der Waals surface area contributed by atoms with Crippen LogP contribution in [0.15, 0.2) is 46.7 Å². The van der Waals surface area contributed by atoms with Crippen molar-refractivity contribution in [2.24, 2.45) is 5.92 Å². The van der Waals surface area contributed by atoms with Crippen molar-refractivity contribution in [3.05, 3.63) is 41.8 Å². The van der Waals surface area contributed by atoms with Crippen molar-refractivity contribution in [1.82, 2.24) is 0 Å². The Morgan fingerprint density at radius 2 is 1.83 bits per heavy atom. The van der Waals surface area contributed by atoms with E-state index < -0.39 is 0 Å². The van der Waals surface area contributed by atoms with Gasteiger partial charge in [0, 0.05) is 4.90 Å². The Hall–Kier alpha value is -0.690. The van der Waals surface area contributed by atoms with E-state index >= 15 is 0 Å². The maximum absolute atomic E-state index is 2.21.